The Morgan fingerprint density at radius 1 is 1.50 bits per heavy atom. The van der Waals surface area contributed by atoms with Gasteiger partial charge in [-0.2, -0.15) is 0 Å². The molecule has 0 spiro atoms. The van der Waals surface area contributed by atoms with Gasteiger partial charge in [-0.25, -0.2) is 4.98 Å². The van der Waals surface area contributed by atoms with E-state index in [1.54, 1.807) is 11.3 Å². The van der Waals surface area contributed by atoms with E-state index >= 15 is 0 Å². The maximum Gasteiger partial charge on any atom is 0.120 e. The number of nitrogens with zero attached hydrogens (tertiary/aromatic N) is 2. The second kappa shape index (κ2) is 4.35. The van der Waals surface area contributed by atoms with E-state index in [0.717, 1.165) is 29.8 Å². The molecule has 0 aromatic carbocycles. The number of hydrogen-bond acceptors (Lipinski definition) is 3. The van der Waals surface area contributed by atoms with Gasteiger partial charge in [0.15, 0.2) is 0 Å². The van der Waals surface area contributed by atoms with Gasteiger partial charge in [0.2, 0.25) is 0 Å². The second-order valence-corrected chi connectivity index (χ2v) is 6.74. The average molecular weight is 264 g/mol. The number of imidazole rings is 1. The Kier molecular flexibility index (Phi) is 2.94. The summed E-state index contributed by atoms with van der Waals surface area (Å²) in [6.07, 6.45) is 9.08. The predicted molar refractivity (Wildman–Crippen MR) is 74.0 cm³/mol. The Bertz CT molecular complexity index is 551. The van der Waals surface area contributed by atoms with Crippen molar-refractivity contribution in [1.82, 2.24) is 9.38 Å². The molecule has 0 amide bonds. The largest absolute Gasteiger partial charge is 0.386 e. The first-order valence-corrected chi connectivity index (χ1v) is 7.59. The molecule has 1 aliphatic rings. The Balaban J connectivity index is 2.09. The molecule has 98 valence electrons. The van der Waals surface area contributed by atoms with Gasteiger partial charge in [0, 0.05) is 4.88 Å². The lowest BCUT2D eigenvalue weighted by atomic mass is 9.80. The second-order valence-electron chi connectivity index (χ2n) is 5.63. The number of aromatic nitrogens is 2. The van der Waals surface area contributed by atoms with E-state index in [2.05, 4.69) is 23.2 Å². The Hall–Kier alpha value is -0.870. The zero-order valence-corrected chi connectivity index (χ0v) is 11.8. The lowest BCUT2D eigenvalue weighted by molar-refractivity contribution is 0.0362. The van der Waals surface area contributed by atoms with Crippen LogP contribution in [0.1, 0.15) is 56.2 Å². The molecule has 1 unspecified atom stereocenters. The van der Waals surface area contributed by atoms with Crippen LogP contribution in [0.25, 0.3) is 4.83 Å². The molecule has 1 fully saturated rings. The van der Waals surface area contributed by atoms with Crippen molar-refractivity contribution in [2.75, 3.05) is 0 Å². The van der Waals surface area contributed by atoms with Crippen molar-refractivity contribution in [2.45, 2.75) is 52.1 Å². The van der Waals surface area contributed by atoms with Gasteiger partial charge in [0.25, 0.3) is 0 Å². The van der Waals surface area contributed by atoms with Crippen LogP contribution >= 0.6 is 11.3 Å². The van der Waals surface area contributed by atoms with Crippen LogP contribution in [0.4, 0.5) is 0 Å². The normalized spacial score (nSPS) is 20.6. The highest BCUT2D eigenvalue weighted by Crippen LogP contribution is 2.48. The summed E-state index contributed by atoms with van der Waals surface area (Å²) in [5.41, 5.74) is 1.13. The molecule has 4 heteroatoms. The highest BCUT2D eigenvalue weighted by molar-refractivity contribution is 7.17. The van der Waals surface area contributed by atoms with E-state index in [9.17, 15) is 5.11 Å². The predicted octanol–water partition coefficient (Wildman–Crippen LogP) is 3.57. The van der Waals surface area contributed by atoms with Crippen molar-refractivity contribution in [3.63, 3.8) is 0 Å². The number of thiazole rings is 1. The third kappa shape index (κ3) is 1.70. The molecular weight excluding hydrogens is 244 g/mol. The van der Waals surface area contributed by atoms with Crippen LogP contribution < -0.4 is 0 Å². The fourth-order valence-electron chi connectivity index (χ4n) is 3.18. The molecule has 2 aromatic rings. The summed E-state index contributed by atoms with van der Waals surface area (Å²) in [5, 5.41) is 10.9. The Morgan fingerprint density at radius 2 is 2.22 bits per heavy atom. The molecule has 1 saturated carbocycles. The van der Waals surface area contributed by atoms with E-state index in [1.807, 2.05) is 12.5 Å². The summed E-state index contributed by atoms with van der Waals surface area (Å²) in [6, 6.07) is 0. The molecular formula is C14H20N2OS. The molecule has 3 rings (SSSR count). The molecule has 0 bridgehead atoms. The van der Waals surface area contributed by atoms with Crippen molar-refractivity contribution < 1.29 is 5.11 Å². The standard InChI is InChI=1S/C14H20N2OS/c1-3-10-12(16-9-15-8-11(16)18-10)13(17)14(2)6-4-5-7-14/h8-9,13,17H,3-7H2,1-2H3. The third-order valence-corrected chi connectivity index (χ3v) is 5.62. The first-order valence-electron chi connectivity index (χ1n) is 6.77. The van der Waals surface area contributed by atoms with E-state index in [-0.39, 0.29) is 11.5 Å². The van der Waals surface area contributed by atoms with Crippen LogP contribution in [0.2, 0.25) is 0 Å². The molecule has 1 atom stereocenters. The molecule has 18 heavy (non-hydrogen) atoms. The minimum absolute atomic E-state index is 0.0438. The van der Waals surface area contributed by atoms with Crippen LogP contribution in [0.3, 0.4) is 0 Å². The molecule has 2 heterocycles. The van der Waals surface area contributed by atoms with Gasteiger partial charge in [0.05, 0.1) is 11.9 Å². The van der Waals surface area contributed by atoms with Crippen molar-refractivity contribution in [1.29, 1.82) is 0 Å². The van der Waals surface area contributed by atoms with Crippen LogP contribution in [0, 0.1) is 5.41 Å². The zero-order chi connectivity index (χ0) is 12.8. The first kappa shape index (κ1) is 12.2. The first-order chi connectivity index (χ1) is 8.65. The minimum atomic E-state index is -0.363. The minimum Gasteiger partial charge on any atom is -0.386 e. The average Bonchev–Trinajstić information content (AvgIpc) is 3.02. The van der Waals surface area contributed by atoms with Crippen molar-refractivity contribution in [2.24, 2.45) is 5.41 Å². The van der Waals surface area contributed by atoms with E-state index in [1.165, 1.54) is 17.7 Å². The van der Waals surface area contributed by atoms with Gasteiger partial charge in [-0.15, -0.1) is 11.3 Å². The number of aliphatic hydroxyl groups excluding tert-OH is 1. The van der Waals surface area contributed by atoms with Crippen LogP contribution in [0.5, 0.6) is 0 Å². The third-order valence-electron chi connectivity index (χ3n) is 4.36. The fourth-order valence-corrected chi connectivity index (χ4v) is 4.24. The summed E-state index contributed by atoms with van der Waals surface area (Å²) < 4.78 is 2.08. The summed E-state index contributed by atoms with van der Waals surface area (Å²) in [4.78, 5) is 6.63. The fraction of sp³-hybridized carbons (Fsp3) is 0.643. The van der Waals surface area contributed by atoms with Gasteiger partial charge in [-0.1, -0.05) is 26.7 Å². The Morgan fingerprint density at radius 3 is 2.89 bits per heavy atom. The summed E-state index contributed by atoms with van der Waals surface area (Å²) in [5.74, 6) is 0. The maximum absolute atomic E-state index is 10.9. The molecule has 0 aliphatic heterocycles. The van der Waals surface area contributed by atoms with Crippen molar-refractivity contribution >= 4 is 16.2 Å². The lowest BCUT2D eigenvalue weighted by Gasteiger charge is -2.30. The smallest absolute Gasteiger partial charge is 0.120 e. The van der Waals surface area contributed by atoms with Gasteiger partial charge >= 0.3 is 0 Å². The lowest BCUT2D eigenvalue weighted by Crippen LogP contribution is -2.24. The molecule has 3 nitrogen and oxygen atoms in total. The van der Waals surface area contributed by atoms with Gasteiger partial charge in [-0.05, 0) is 24.7 Å². The maximum atomic E-state index is 10.9. The molecule has 2 aromatic heterocycles. The molecule has 1 N–H and O–H groups in total. The summed E-state index contributed by atoms with van der Waals surface area (Å²) in [6.45, 7) is 4.39. The highest BCUT2D eigenvalue weighted by atomic mass is 32.1. The van der Waals surface area contributed by atoms with Crippen LogP contribution in [0.15, 0.2) is 12.5 Å². The van der Waals surface area contributed by atoms with Crippen molar-refractivity contribution in [3.05, 3.63) is 23.1 Å². The Labute approximate surface area is 111 Å². The summed E-state index contributed by atoms with van der Waals surface area (Å²) in [7, 11) is 0. The number of aryl methyl sites for hydroxylation is 1. The van der Waals surface area contributed by atoms with E-state index in [4.69, 9.17) is 0 Å². The van der Waals surface area contributed by atoms with Crippen LogP contribution in [-0.4, -0.2) is 14.5 Å². The molecule has 0 saturated heterocycles. The quantitative estimate of drug-likeness (QED) is 0.920. The number of aliphatic hydroxyl groups is 1. The molecule has 0 radical (unpaired) electrons. The number of fused-ring (bicyclic) bond motifs is 1. The van der Waals surface area contributed by atoms with Crippen LogP contribution in [-0.2, 0) is 6.42 Å². The van der Waals surface area contributed by atoms with Gasteiger partial charge in [0.1, 0.15) is 17.3 Å². The number of hydrogen-bond donors (Lipinski definition) is 1. The monoisotopic (exact) mass is 264 g/mol. The highest BCUT2D eigenvalue weighted by Gasteiger charge is 2.39. The van der Waals surface area contributed by atoms with E-state index in [0.29, 0.717) is 0 Å². The zero-order valence-electron chi connectivity index (χ0n) is 11.0. The van der Waals surface area contributed by atoms with Gasteiger partial charge in [-0.3, -0.25) is 4.40 Å². The van der Waals surface area contributed by atoms with E-state index < -0.39 is 0 Å². The SMILES string of the molecule is CCc1sc2cncn2c1C(O)C1(C)CCCC1. The molecule has 1 aliphatic carbocycles. The van der Waals surface area contributed by atoms with Crippen molar-refractivity contribution in [3.8, 4) is 0 Å². The van der Waals surface area contributed by atoms with Gasteiger partial charge < -0.3 is 5.11 Å². The number of rotatable bonds is 3. The topological polar surface area (TPSA) is 37.5 Å². The summed E-state index contributed by atoms with van der Waals surface area (Å²) >= 11 is 1.76.